The molecular weight excluding hydrogens is 386 g/mol. The van der Waals surface area contributed by atoms with Gasteiger partial charge in [-0.15, -0.1) is 0 Å². The Morgan fingerprint density at radius 2 is 1.87 bits per heavy atom. The van der Waals surface area contributed by atoms with Crippen LogP contribution in [0.2, 0.25) is 0 Å². The first-order valence-corrected chi connectivity index (χ1v) is 11.4. The van der Waals surface area contributed by atoms with E-state index in [1.807, 2.05) is 27.7 Å². The Bertz CT molecular complexity index is 453. The number of carbonyl (C=O) groups excluding carboxylic acids is 1. The molecular formula is C22H45N3O5. The second-order valence-corrected chi connectivity index (χ2v) is 9.11. The second-order valence-electron chi connectivity index (χ2n) is 9.11. The van der Waals surface area contributed by atoms with Crippen LogP contribution in [-0.4, -0.2) is 70.1 Å². The van der Waals surface area contributed by atoms with Gasteiger partial charge in [0, 0.05) is 19.7 Å². The molecule has 1 rings (SSSR count). The first kappa shape index (κ1) is 27.1. The third-order valence-electron chi connectivity index (χ3n) is 5.24. The SMILES string of the molecule is CCNC[C@H](N)[C@@H](OCOCCOC)[C@H](CC1CCCCC1)NC(=O)OC(C)(C)C. The molecule has 178 valence electrons. The molecule has 0 unspecified atom stereocenters. The Labute approximate surface area is 182 Å². The van der Waals surface area contributed by atoms with Crippen molar-refractivity contribution in [3.8, 4) is 0 Å². The maximum atomic E-state index is 12.6. The van der Waals surface area contributed by atoms with Crippen molar-refractivity contribution in [2.24, 2.45) is 11.7 Å². The molecule has 0 aromatic heterocycles. The minimum atomic E-state index is -0.565. The molecule has 0 aliphatic heterocycles. The Kier molecular flexibility index (Phi) is 13.5. The zero-order chi connectivity index (χ0) is 22.4. The molecule has 3 atom stereocenters. The third-order valence-corrected chi connectivity index (χ3v) is 5.24. The first-order valence-electron chi connectivity index (χ1n) is 11.4. The van der Waals surface area contributed by atoms with Crippen LogP contribution in [0.5, 0.6) is 0 Å². The molecule has 0 saturated heterocycles. The van der Waals surface area contributed by atoms with Gasteiger partial charge in [0.15, 0.2) is 0 Å². The highest BCUT2D eigenvalue weighted by Crippen LogP contribution is 2.29. The topological polar surface area (TPSA) is 104 Å². The minimum Gasteiger partial charge on any atom is -0.444 e. The van der Waals surface area contributed by atoms with E-state index in [1.165, 1.54) is 32.1 Å². The van der Waals surface area contributed by atoms with Crippen molar-refractivity contribution in [3.63, 3.8) is 0 Å². The quantitative estimate of drug-likeness (QED) is 0.287. The lowest BCUT2D eigenvalue weighted by molar-refractivity contribution is -0.114. The molecule has 4 N–H and O–H groups in total. The van der Waals surface area contributed by atoms with Gasteiger partial charge in [-0.25, -0.2) is 4.79 Å². The summed E-state index contributed by atoms with van der Waals surface area (Å²) in [6, 6.07) is -0.540. The second kappa shape index (κ2) is 15.0. The van der Waals surface area contributed by atoms with Gasteiger partial charge in [-0.05, 0) is 39.7 Å². The van der Waals surface area contributed by atoms with Crippen molar-refractivity contribution >= 4 is 6.09 Å². The number of carbonyl (C=O) groups is 1. The van der Waals surface area contributed by atoms with Crippen molar-refractivity contribution in [1.82, 2.24) is 10.6 Å². The van der Waals surface area contributed by atoms with Gasteiger partial charge in [-0.3, -0.25) is 0 Å². The molecule has 0 aromatic carbocycles. The fourth-order valence-corrected chi connectivity index (χ4v) is 3.81. The average molecular weight is 432 g/mol. The summed E-state index contributed by atoms with van der Waals surface area (Å²) in [6.07, 6.45) is 6.10. The molecule has 1 aliphatic rings. The predicted octanol–water partition coefficient (Wildman–Crippen LogP) is 2.79. The van der Waals surface area contributed by atoms with Gasteiger partial charge in [-0.1, -0.05) is 39.0 Å². The van der Waals surface area contributed by atoms with E-state index in [0.29, 0.717) is 25.7 Å². The van der Waals surface area contributed by atoms with E-state index in [9.17, 15) is 4.79 Å². The van der Waals surface area contributed by atoms with Crippen LogP contribution in [0.3, 0.4) is 0 Å². The molecule has 1 aliphatic carbocycles. The molecule has 0 radical (unpaired) electrons. The van der Waals surface area contributed by atoms with Crippen LogP contribution in [0.4, 0.5) is 4.79 Å². The van der Waals surface area contributed by atoms with Gasteiger partial charge < -0.3 is 35.3 Å². The van der Waals surface area contributed by atoms with Gasteiger partial charge >= 0.3 is 6.09 Å². The largest absolute Gasteiger partial charge is 0.444 e. The number of nitrogens with one attached hydrogen (secondary N) is 2. The molecule has 1 fully saturated rings. The van der Waals surface area contributed by atoms with Crippen molar-refractivity contribution in [3.05, 3.63) is 0 Å². The smallest absolute Gasteiger partial charge is 0.407 e. The number of likely N-dealkylation sites (N-methyl/N-ethyl adjacent to an activating group) is 1. The highest BCUT2D eigenvalue weighted by Gasteiger charge is 2.33. The summed E-state index contributed by atoms with van der Waals surface area (Å²) in [7, 11) is 1.63. The minimum absolute atomic E-state index is 0.102. The summed E-state index contributed by atoms with van der Waals surface area (Å²) in [6.45, 7) is 10.1. The molecule has 0 spiro atoms. The van der Waals surface area contributed by atoms with Crippen LogP contribution in [0.1, 0.15) is 66.2 Å². The van der Waals surface area contributed by atoms with Crippen molar-refractivity contribution in [2.45, 2.75) is 90.0 Å². The van der Waals surface area contributed by atoms with E-state index in [-0.39, 0.29) is 25.0 Å². The number of alkyl carbamates (subject to hydrolysis) is 1. The van der Waals surface area contributed by atoms with Crippen LogP contribution in [0.25, 0.3) is 0 Å². The molecule has 0 aromatic rings. The van der Waals surface area contributed by atoms with E-state index in [1.54, 1.807) is 7.11 Å². The van der Waals surface area contributed by atoms with Crippen LogP contribution >= 0.6 is 0 Å². The first-order chi connectivity index (χ1) is 14.3. The Morgan fingerprint density at radius 3 is 2.47 bits per heavy atom. The lowest BCUT2D eigenvalue weighted by Crippen LogP contribution is -2.57. The molecule has 1 saturated carbocycles. The average Bonchev–Trinajstić information content (AvgIpc) is 2.68. The molecule has 0 bridgehead atoms. The lowest BCUT2D eigenvalue weighted by atomic mass is 9.83. The number of hydrogen-bond acceptors (Lipinski definition) is 7. The van der Waals surface area contributed by atoms with E-state index >= 15 is 0 Å². The third kappa shape index (κ3) is 12.1. The summed E-state index contributed by atoms with van der Waals surface area (Å²) in [5.41, 5.74) is 5.93. The van der Waals surface area contributed by atoms with Crippen molar-refractivity contribution in [1.29, 1.82) is 0 Å². The van der Waals surface area contributed by atoms with E-state index in [2.05, 4.69) is 10.6 Å². The summed E-state index contributed by atoms with van der Waals surface area (Å²) >= 11 is 0. The van der Waals surface area contributed by atoms with Crippen LogP contribution in [0.15, 0.2) is 0 Å². The van der Waals surface area contributed by atoms with E-state index in [4.69, 9.17) is 24.7 Å². The molecule has 0 heterocycles. The highest BCUT2D eigenvalue weighted by atomic mass is 16.7. The van der Waals surface area contributed by atoms with Gasteiger partial charge in [0.2, 0.25) is 0 Å². The monoisotopic (exact) mass is 431 g/mol. The maximum Gasteiger partial charge on any atom is 0.407 e. The normalized spacial score (nSPS) is 18.6. The number of ether oxygens (including phenoxy) is 4. The lowest BCUT2D eigenvalue weighted by Gasteiger charge is -2.35. The van der Waals surface area contributed by atoms with Gasteiger partial charge in [0.05, 0.1) is 25.4 Å². The molecule has 30 heavy (non-hydrogen) atoms. The standard InChI is InChI=1S/C22H45N3O5/c1-6-24-15-18(23)20(29-16-28-13-12-27-5)19(14-17-10-8-7-9-11-17)25-21(26)30-22(2,3)4/h17-20,24H,6-16,23H2,1-5H3,(H,25,26)/t18-,19-,20+/m0/s1. The summed E-state index contributed by atoms with van der Waals surface area (Å²) < 4.78 is 22.1. The predicted molar refractivity (Wildman–Crippen MR) is 118 cm³/mol. The van der Waals surface area contributed by atoms with Gasteiger partial charge in [0.1, 0.15) is 12.4 Å². The number of amides is 1. The van der Waals surface area contributed by atoms with Crippen LogP contribution in [-0.2, 0) is 18.9 Å². The molecule has 8 nitrogen and oxygen atoms in total. The fourth-order valence-electron chi connectivity index (χ4n) is 3.81. The zero-order valence-electron chi connectivity index (χ0n) is 19.7. The highest BCUT2D eigenvalue weighted by molar-refractivity contribution is 5.68. The van der Waals surface area contributed by atoms with Crippen LogP contribution < -0.4 is 16.4 Å². The fraction of sp³-hybridized carbons (Fsp3) is 0.955. The number of rotatable bonds is 14. The number of nitrogens with two attached hydrogens (primary N) is 1. The Balaban J connectivity index is 2.87. The van der Waals surface area contributed by atoms with Gasteiger partial charge in [-0.2, -0.15) is 0 Å². The summed E-state index contributed by atoms with van der Waals surface area (Å²) in [4.78, 5) is 12.6. The zero-order valence-corrected chi connectivity index (χ0v) is 19.7. The number of methoxy groups -OCH3 is 1. The summed E-state index contributed by atoms with van der Waals surface area (Å²) in [5.74, 6) is 0.547. The maximum absolute atomic E-state index is 12.6. The van der Waals surface area contributed by atoms with Crippen LogP contribution in [0, 0.1) is 5.92 Å². The summed E-state index contributed by atoms with van der Waals surface area (Å²) in [5, 5.41) is 6.34. The Morgan fingerprint density at radius 1 is 1.17 bits per heavy atom. The van der Waals surface area contributed by atoms with Crippen molar-refractivity contribution < 1.29 is 23.7 Å². The molecule has 1 amide bonds. The van der Waals surface area contributed by atoms with Gasteiger partial charge in [0.25, 0.3) is 0 Å². The number of hydrogen-bond donors (Lipinski definition) is 3. The Hall–Kier alpha value is -0.930. The van der Waals surface area contributed by atoms with Crippen molar-refractivity contribution in [2.75, 3.05) is 40.2 Å². The van der Waals surface area contributed by atoms with E-state index in [0.717, 1.165) is 13.0 Å². The molecule has 8 heteroatoms. The van der Waals surface area contributed by atoms with E-state index < -0.39 is 11.7 Å².